The van der Waals surface area contributed by atoms with Gasteiger partial charge in [0.2, 0.25) is 0 Å². The Hall–Kier alpha value is -1.39. The monoisotopic (exact) mass is 290 g/mol. The molecule has 0 atom stereocenters. The SMILES string of the molecule is CC(=O)c1ccccc1OCCN1CCC(N(C)C)CC1. The van der Waals surface area contributed by atoms with E-state index in [9.17, 15) is 4.79 Å². The molecule has 21 heavy (non-hydrogen) atoms. The summed E-state index contributed by atoms with van der Waals surface area (Å²) >= 11 is 0. The molecule has 4 heteroatoms. The average molecular weight is 290 g/mol. The van der Waals surface area contributed by atoms with Gasteiger partial charge in [-0.3, -0.25) is 9.69 Å². The van der Waals surface area contributed by atoms with E-state index >= 15 is 0 Å². The zero-order chi connectivity index (χ0) is 15.2. The van der Waals surface area contributed by atoms with E-state index in [1.165, 1.54) is 12.8 Å². The Bertz CT molecular complexity index is 466. The molecule has 2 rings (SSSR count). The van der Waals surface area contributed by atoms with Crippen molar-refractivity contribution in [2.75, 3.05) is 40.3 Å². The molecule has 0 unspecified atom stereocenters. The number of rotatable bonds is 6. The fourth-order valence-electron chi connectivity index (χ4n) is 2.83. The molecular formula is C17H26N2O2. The van der Waals surface area contributed by atoms with Crippen LogP contribution in [0.1, 0.15) is 30.1 Å². The first-order valence-corrected chi connectivity index (χ1v) is 7.69. The summed E-state index contributed by atoms with van der Waals surface area (Å²) in [6.45, 7) is 5.39. The third kappa shape index (κ3) is 4.55. The van der Waals surface area contributed by atoms with Gasteiger partial charge in [0.05, 0.1) is 5.56 Å². The minimum atomic E-state index is 0.0531. The number of piperidine rings is 1. The molecule has 1 aromatic rings. The standard InChI is InChI=1S/C17H26N2O2/c1-14(20)16-6-4-5-7-17(16)21-13-12-19-10-8-15(9-11-19)18(2)3/h4-7,15H,8-13H2,1-3H3. The summed E-state index contributed by atoms with van der Waals surface area (Å²) in [5, 5.41) is 0. The first-order valence-electron chi connectivity index (χ1n) is 7.69. The normalized spacial score (nSPS) is 17.1. The van der Waals surface area contributed by atoms with Gasteiger partial charge in [-0.25, -0.2) is 0 Å². The number of ether oxygens (including phenoxy) is 1. The Kier molecular flexibility index (Phi) is 5.76. The second-order valence-electron chi connectivity index (χ2n) is 5.94. The highest BCUT2D eigenvalue weighted by atomic mass is 16.5. The number of nitrogens with zero attached hydrogens (tertiary/aromatic N) is 2. The first kappa shape index (κ1) is 16.0. The number of Topliss-reactive ketones (excluding diaryl/α,β-unsaturated/α-hetero) is 1. The Morgan fingerprint density at radius 3 is 2.57 bits per heavy atom. The van der Waals surface area contributed by atoms with Crippen molar-refractivity contribution in [3.05, 3.63) is 29.8 Å². The Balaban J connectivity index is 1.77. The maximum Gasteiger partial charge on any atom is 0.163 e. The van der Waals surface area contributed by atoms with Gasteiger partial charge in [0.1, 0.15) is 12.4 Å². The van der Waals surface area contributed by atoms with Gasteiger partial charge in [0, 0.05) is 12.6 Å². The van der Waals surface area contributed by atoms with Crippen molar-refractivity contribution in [2.24, 2.45) is 0 Å². The highest BCUT2D eigenvalue weighted by Crippen LogP contribution is 2.19. The fraction of sp³-hybridized carbons (Fsp3) is 0.588. The summed E-state index contributed by atoms with van der Waals surface area (Å²) < 4.78 is 5.80. The number of para-hydroxylation sites is 1. The summed E-state index contributed by atoms with van der Waals surface area (Å²) in [7, 11) is 4.31. The Labute approximate surface area is 127 Å². The fourth-order valence-corrected chi connectivity index (χ4v) is 2.83. The van der Waals surface area contributed by atoms with Crippen molar-refractivity contribution >= 4 is 5.78 Å². The van der Waals surface area contributed by atoms with Crippen LogP contribution in [0, 0.1) is 0 Å². The van der Waals surface area contributed by atoms with Crippen molar-refractivity contribution < 1.29 is 9.53 Å². The number of ketones is 1. The maximum atomic E-state index is 11.5. The van der Waals surface area contributed by atoms with Gasteiger partial charge in [-0.15, -0.1) is 0 Å². The van der Waals surface area contributed by atoms with Crippen LogP contribution in [0.2, 0.25) is 0 Å². The van der Waals surface area contributed by atoms with Crippen molar-refractivity contribution in [3.8, 4) is 5.75 Å². The predicted molar refractivity (Wildman–Crippen MR) is 85.1 cm³/mol. The summed E-state index contributed by atoms with van der Waals surface area (Å²) in [6.07, 6.45) is 2.44. The molecule has 0 saturated carbocycles. The summed E-state index contributed by atoms with van der Waals surface area (Å²) in [5.41, 5.74) is 0.670. The van der Waals surface area contributed by atoms with Gasteiger partial charge in [-0.1, -0.05) is 12.1 Å². The molecular weight excluding hydrogens is 264 g/mol. The molecule has 1 aliphatic rings. The molecule has 0 spiro atoms. The largest absolute Gasteiger partial charge is 0.491 e. The van der Waals surface area contributed by atoms with Crippen molar-refractivity contribution in [1.82, 2.24) is 9.80 Å². The van der Waals surface area contributed by atoms with E-state index in [2.05, 4.69) is 23.9 Å². The molecule has 0 bridgehead atoms. The van der Waals surface area contributed by atoms with E-state index in [-0.39, 0.29) is 5.78 Å². The number of carbonyl (C=O) groups is 1. The van der Waals surface area contributed by atoms with Crippen LogP contribution in [0.3, 0.4) is 0 Å². The molecule has 1 heterocycles. The number of hydrogen-bond donors (Lipinski definition) is 0. The van der Waals surface area contributed by atoms with Gasteiger partial charge in [-0.05, 0) is 59.1 Å². The van der Waals surface area contributed by atoms with Crippen LogP contribution in [0.25, 0.3) is 0 Å². The van der Waals surface area contributed by atoms with Gasteiger partial charge >= 0.3 is 0 Å². The van der Waals surface area contributed by atoms with E-state index in [1.54, 1.807) is 6.92 Å². The third-order valence-electron chi connectivity index (χ3n) is 4.22. The molecule has 0 N–H and O–H groups in total. The lowest BCUT2D eigenvalue weighted by molar-refractivity contribution is 0.101. The zero-order valence-electron chi connectivity index (χ0n) is 13.3. The minimum Gasteiger partial charge on any atom is -0.491 e. The van der Waals surface area contributed by atoms with Gasteiger partial charge < -0.3 is 9.64 Å². The molecule has 0 radical (unpaired) electrons. The topological polar surface area (TPSA) is 32.8 Å². The van der Waals surface area contributed by atoms with E-state index in [0.717, 1.165) is 19.6 Å². The summed E-state index contributed by atoms with van der Waals surface area (Å²) in [5.74, 6) is 0.755. The number of likely N-dealkylation sites (tertiary alicyclic amines) is 1. The van der Waals surface area contributed by atoms with Crippen molar-refractivity contribution in [1.29, 1.82) is 0 Å². The quantitative estimate of drug-likeness (QED) is 0.753. The maximum absolute atomic E-state index is 11.5. The van der Waals surface area contributed by atoms with Crippen LogP contribution in [0.4, 0.5) is 0 Å². The summed E-state index contributed by atoms with van der Waals surface area (Å²) in [4.78, 5) is 16.3. The van der Waals surface area contributed by atoms with Gasteiger partial charge in [-0.2, -0.15) is 0 Å². The Morgan fingerprint density at radius 2 is 1.95 bits per heavy atom. The van der Waals surface area contributed by atoms with Crippen LogP contribution in [-0.2, 0) is 0 Å². The summed E-state index contributed by atoms with van der Waals surface area (Å²) in [6, 6.07) is 8.18. The minimum absolute atomic E-state index is 0.0531. The Morgan fingerprint density at radius 1 is 1.29 bits per heavy atom. The molecule has 0 aliphatic carbocycles. The van der Waals surface area contributed by atoms with Crippen molar-refractivity contribution in [3.63, 3.8) is 0 Å². The van der Waals surface area contributed by atoms with E-state index in [0.29, 0.717) is 24.0 Å². The van der Waals surface area contributed by atoms with Crippen LogP contribution in [0.5, 0.6) is 5.75 Å². The molecule has 1 aromatic carbocycles. The first-order chi connectivity index (χ1) is 10.1. The number of carbonyl (C=O) groups excluding carboxylic acids is 1. The molecule has 1 aliphatic heterocycles. The van der Waals surface area contributed by atoms with Crippen LogP contribution >= 0.6 is 0 Å². The van der Waals surface area contributed by atoms with Gasteiger partial charge in [0.15, 0.2) is 5.78 Å². The van der Waals surface area contributed by atoms with E-state index < -0.39 is 0 Å². The lowest BCUT2D eigenvalue weighted by atomic mass is 10.0. The highest BCUT2D eigenvalue weighted by molar-refractivity contribution is 5.96. The number of hydrogen-bond acceptors (Lipinski definition) is 4. The van der Waals surface area contributed by atoms with Crippen LogP contribution in [0.15, 0.2) is 24.3 Å². The van der Waals surface area contributed by atoms with Crippen molar-refractivity contribution in [2.45, 2.75) is 25.8 Å². The molecule has 0 aromatic heterocycles. The van der Waals surface area contributed by atoms with Crippen LogP contribution in [-0.4, -0.2) is 62.0 Å². The lowest BCUT2D eigenvalue weighted by Crippen LogP contribution is -2.43. The second kappa shape index (κ2) is 7.57. The average Bonchev–Trinajstić information content (AvgIpc) is 2.48. The second-order valence-corrected chi connectivity index (χ2v) is 5.94. The highest BCUT2D eigenvalue weighted by Gasteiger charge is 2.20. The third-order valence-corrected chi connectivity index (χ3v) is 4.22. The lowest BCUT2D eigenvalue weighted by Gasteiger charge is -2.35. The zero-order valence-corrected chi connectivity index (χ0v) is 13.3. The van der Waals surface area contributed by atoms with E-state index in [1.807, 2.05) is 24.3 Å². The van der Waals surface area contributed by atoms with Gasteiger partial charge in [0.25, 0.3) is 0 Å². The predicted octanol–water partition coefficient (Wildman–Crippen LogP) is 2.29. The smallest absolute Gasteiger partial charge is 0.163 e. The molecule has 116 valence electrons. The van der Waals surface area contributed by atoms with Crippen LogP contribution < -0.4 is 4.74 Å². The number of benzene rings is 1. The van der Waals surface area contributed by atoms with E-state index in [4.69, 9.17) is 4.74 Å². The molecule has 1 saturated heterocycles. The molecule has 0 amide bonds. The molecule has 1 fully saturated rings. The molecule has 4 nitrogen and oxygen atoms in total.